The van der Waals surface area contributed by atoms with Gasteiger partial charge in [-0.1, -0.05) is 11.6 Å². The lowest BCUT2D eigenvalue weighted by Crippen LogP contribution is -2.16. The van der Waals surface area contributed by atoms with Crippen molar-refractivity contribution >= 4 is 11.6 Å². The number of methoxy groups -OCH3 is 1. The third kappa shape index (κ3) is 6.14. The standard InChI is InChI=1S/C25H21ClF2N4O4/c1-14-7-18(3-4-19(14)26)36-22-20(27)9-15(10-21(22)28)5-6-35-25-31-13-17(23(33)32-25)8-16-11-29-24(34-2)30-12-16/h3-4,7,9-13H,5-6,8H2,1-2H3,(H,31,32,33). The molecule has 4 aromatic rings. The highest BCUT2D eigenvalue weighted by atomic mass is 35.5. The summed E-state index contributed by atoms with van der Waals surface area (Å²) in [5.74, 6) is -1.94. The van der Waals surface area contributed by atoms with Gasteiger partial charge in [-0.3, -0.25) is 9.78 Å². The monoisotopic (exact) mass is 514 g/mol. The summed E-state index contributed by atoms with van der Waals surface area (Å²) in [4.78, 5) is 27.0. The van der Waals surface area contributed by atoms with Gasteiger partial charge in [0.25, 0.3) is 11.6 Å². The van der Waals surface area contributed by atoms with Crippen molar-refractivity contribution in [1.29, 1.82) is 0 Å². The summed E-state index contributed by atoms with van der Waals surface area (Å²) in [6, 6.07) is 7.27. The first-order chi connectivity index (χ1) is 17.3. The Morgan fingerprint density at radius 3 is 2.36 bits per heavy atom. The van der Waals surface area contributed by atoms with E-state index in [2.05, 4.69) is 19.9 Å². The van der Waals surface area contributed by atoms with Crippen molar-refractivity contribution in [3.8, 4) is 23.5 Å². The van der Waals surface area contributed by atoms with E-state index < -0.39 is 17.4 Å². The van der Waals surface area contributed by atoms with Gasteiger partial charge in [0.2, 0.25) is 0 Å². The van der Waals surface area contributed by atoms with E-state index in [9.17, 15) is 13.6 Å². The van der Waals surface area contributed by atoms with E-state index in [4.69, 9.17) is 25.8 Å². The number of nitrogens with one attached hydrogen (secondary N) is 1. The normalized spacial score (nSPS) is 10.8. The van der Waals surface area contributed by atoms with Crippen molar-refractivity contribution in [3.63, 3.8) is 0 Å². The van der Waals surface area contributed by atoms with Gasteiger partial charge in [-0.15, -0.1) is 0 Å². The number of halogens is 3. The quantitative estimate of drug-likeness (QED) is 0.342. The summed E-state index contributed by atoms with van der Waals surface area (Å²) in [5.41, 5.74) is 1.79. The number of rotatable bonds is 9. The van der Waals surface area contributed by atoms with Crippen LogP contribution in [-0.4, -0.2) is 33.7 Å². The minimum atomic E-state index is -0.851. The number of aryl methyl sites for hydroxylation is 1. The summed E-state index contributed by atoms with van der Waals surface area (Å²) in [6.07, 6.45) is 4.95. The molecule has 0 saturated heterocycles. The average molecular weight is 515 g/mol. The van der Waals surface area contributed by atoms with Crippen LogP contribution in [-0.2, 0) is 12.8 Å². The summed E-state index contributed by atoms with van der Waals surface area (Å²) in [5, 5.41) is 0.524. The molecule has 186 valence electrons. The molecule has 8 nitrogen and oxygen atoms in total. The van der Waals surface area contributed by atoms with Gasteiger partial charge < -0.3 is 14.2 Å². The molecule has 0 saturated carbocycles. The van der Waals surface area contributed by atoms with Gasteiger partial charge in [0.15, 0.2) is 17.4 Å². The molecule has 36 heavy (non-hydrogen) atoms. The number of hydrogen-bond acceptors (Lipinski definition) is 7. The van der Waals surface area contributed by atoms with Gasteiger partial charge in [-0.2, -0.15) is 0 Å². The first-order valence-corrected chi connectivity index (χ1v) is 11.2. The molecule has 2 aromatic heterocycles. The van der Waals surface area contributed by atoms with E-state index in [0.29, 0.717) is 21.7 Å². The van der Waals surface area contributed by atoms with Gasteiger partial charge in [-0.25, -0.2) is 23.7 Å². The van der Waals surface area contributed by atoms with E-state index in [-0.39, 0.29) is 42.8 Å². The molecule has 2 heterocycles. The van der Waals surface area contributed by atoms with E-state index in [1.54, 1.807) is 31.5 Å². The predicted molar refractivity (Wildman–Crippen MR) is 128 cm³/mol. The molecule has 0 radical (unpaired) electrons. The minimum absolute atomic E-state index is 0.00580. The van der Waals surface area contributed by atoms with Crippen LogP contribution in [0.1, 0.15) is 22.3 Å². The molecule has 4 rings (SSSR count). The summed E-state index contributed by atoms with van der Waals surface area (Å²) in [7, 11) is 1.46. The molecule has 1 N–H and O–H groups in total. The second kappa shape index (κ2) is 11.1. The molecule has 0 fully saturated rings. The third-order valence-electron chi connectivity index (χ3n) is 5.15. The largest absolute Gasteiger partial charge is 0.467 e. The fourth-order valence-corrected chi connectivity index (χ4v) is 3.40. The number of H-pyrrole nitrogens is 1. The highest BCUT2D eigenvalue weighted by molar-refractivity contribution is 6.31. The van der Waals surface area contributed by atoms with Gasteiger partial charge >= 0.3 is 6.01 Å². The van der Waals surface area contributed by atoms with Crippen LogP contribution in [0.15, 0.2) is 53.7 Å². The van der Waals surface area contributed by atoms with Crippen LogP contribution in [0.5, 0.6) is 23.5 Å². The number of benzene rings is 2. The Morgan fingerprint density at radius 2 is 1.72 bits per heavy atom. The summed E-state index contributed by atoms with van der Waals surface area (Å²) < 4.78 is 44.8. The molecule has 0 aliphatic heterocycles. The van der Waals surface area contributed by atoms with Crippen molar-refractivity contribution in [2.24, 2.45) is 0 Å². The Morgan fingerprint density at radius 1 is 1.00 bits per heavy atom. The molecule has 0 aliphatic rings. The van der Waals surface area contributed by atoms with E-state index in [0.717, 1.165) is 5.56 Å². The van der Waals surface area contributed by atoms with E-state index in [1.165, 1.54) is 31.5 Å². The Kier molecular flexibility index (Phi) is 7.74. The zero-order chi connectivity index (χ0) is 25.7. The van der Waals surface area contributed by atoms with Gasteiger partial charge in [0, 0.05) is 42.0 Å². The lowest BCUT2D eigenvalue weighted by molar-refractivity contribution is 0.294. The van der Waals surface area contributed by atoms with Crippen LogP contribution in [0.3, 0.4) is 0 Å². The lowest BCUT2D eigenvalue weighted by Gasteiger charge is -2.11. The Hall–Kier alpha value is -4.05. The smallest absolute Gasteiger partial charge is 0.316 e. The zero-order valence-corrected chi connectivity index (χ0v) is 20.1. The average Bonchev–Trinajstić information content (AvgIpc) is 2.86. The molecular weight excluding hydrogens is 494 g/mol. The highest BCUT2D eigenvalue weighted by Crippen LogP contribution is 2.30. The Balaban J connectivity index is 1.35. The third-order valence-corrected chi connectivity index (χ3v) is 5.57. The van der Waals surface area contributed by atoms with Crippen molar-refractivity contribution in [2.45, 2.75) is 19.8 Å². The molecule has 0 bridgehead atoms. The zero-order valence-electron chi connectivity index (χ0n) is 19.3. The van der Waals surface area contributed by atoms with E-state index >= 15 is 0 Å². The van der Waals surface area contributed by atoms with Crippen LogP contribution in [0.25, 0.3) is 0 Å². The van der Waals surface area contributed by atoms with Crippen LogP contribution >= 0.6 is 11.6 Å². The fraction of sp³-hybridized carbons (Fsp3) is 0.200. The number of aromatic amines is 1. The maximum atomic E-state index is 14.5. The second-order valence-electron chi connectivity index (χ2n) is 7.80. The predicted octanol–water partition coefficient (Wildman–Crippen LogP) is 4.81. The molecule has 0 amide bonds. The molecule has 0 aliphatic carbocycles. The molecule has 0 atom stereocenters. The van der Waals surface area contributed by atoms with E-state index in [1.807, 2.05) is 0 Å². The van der Waals surface area contributed by atoms with Crippen molar-refractivity contribution in [1.82, 2.24) is 19.9 Å². The second-order valence-corrected chi connectivity index (χ2v) is 8.20. The van der Waals surface area contributed by atoms with Crippen LogP contribution < -0.4 is 19.8 Å². The number of nitrogens with zero attached hydrogens (tertiary/aromatic N) is 3. The molecule has 11 heteroatoms. The number of aromatic nitrogens is 4. The van der Waals surface area contributed by atoms with Gasteiger partial charge in [0.05, 0.1) is 13.7 Å². The minimum Gasteiger partial charge on any atom is -0.467 e. The first kappa shape index (κ1) is 25.1. The number of ether oxygens (including phenoxy) is 3. The maximum Gasteiger partial charge on any atom is 0.316 e. The number of hydrogen-bond donors (Lipinski definition) is 1. The van der Waals surface area contributed by atoms with Crippen molar-refractivity contribution in [3.05, 3.63) is 98.2 Å². The molecule has 0 spiro atoms. The summed E-state index contributed by atoms with van der Waals surface area (Å²) in [6.45, 7) is 1.79. The first-order valence-electron chi connectivity index (χ1n) is 10.8. The summed E-state index contributed by atoms with van der Waals surface area (Å²) >= 11 is 5.97. The van der Waals surface area contributed by atoms with Crippen LogP contribution in [0, 0.1) is 18.6 Å². The van der Waals surface area contributed by atoms with Gasteiger partial charge in [-0.05, 0) is 53.9 Å². The van der Waals surface area contributed by atoms with Crippen molar-refractivity contribution < 1.29 is 23.0 Å². The van der Waals surface area contributed by atoms with Crippen LogP contribution in [0.4, 0.5) is 8.78 Å². The van der Waals surface area contributed by atoms with Gasteiger partial charge in [0.1, 0.15) is 5.75 Å². The highest BCUT2D eigenvalue weighted by Gasteiger charge is 2.15. The molecule has 0 unspecified atom stereocenters. The molecule has 2 aromatic carbocycles. The van der Waals surface area contributed by atoms with Crippen molar-refractivity contribution in [2.75, 3.05) is 13.7 Å². The Bertz CT molecular complexity index is 1410. The topological polar surface area (TPSA) is 99.2 Å². The SMILES string of the molecule is COc1ncc(Cc2cnc(OCCc3cc(F)c(Oc4ccc(Cl)c(C)c4)c(F)c3)[nH]c2=O)cn1. The lowest BCUT2D eigenvalue weighted by atomic mass is 10.1. The molecular formula is C25H21ClF2N4O4. The fourth-order valence-electron chi connectivity index (χ4n) is 3.28. The Labute approximate surface area is 209 Å². The maximum absolute atomic E-state index is 14.5. The van der Waals surface area contributed by atoms with Crippen LogP contribution in [0.2, 0.25) is 5.02 Å².